The van der Waals surface area contributed by atoms with Crippen molar-refractivity contribution < 1.29 is 17.9 Å². The Labute approximate surface area is 140 Å². The van der Waals surface area contributed by atoms with E-state index in [2.05, 4.69) is 10.3 Å². The van der Waals surface area contributed by atoms with Gasteiger partial charge in [0, 0.05) is 25.6 Å². The van der Waals surface area contributed by atoms with Crippen molar-refractivity contribution in [2.75, 3.05) is 33.3 Å². The molecule has 2 rings (SSSR count). The maximum absolute atomic E-state index is 12.3. The minimum Gasteiger partial charge on any atom is -0.497 e. The van der Waals surface area contributed by atoms with Crippen LogP contribution in [-0.2, 0) is 0 Å². The third-order valence-corrected chi connectivity index (χ3v) is 4.07. The number of nitrogens with zero attached hydrogens (tertiary/aromatic N) is 2. The number of aliphatic imine (C=N–C) groups is 1. The molecular weight excluding hydrogens is 319 g/mol. The Morgan fingerprint density at radius 2 is 2.04 bits per heavy atom. The van der Waals surface area contributed by atoms with Crippen molar-refractivity contribution in [2.24, 2.45) is 4.99 Å². The lowest BCUT2D eigenvalue weighted by molar-refractivity contribution is -0.132. The molecule has 1 atom stereocenters. The Hall–Kier alpha value is -1.92. The van der Waals surface area contributed by atoms with Gasteiger partial charge < -0.3 is 15.0 Å². The number of halogens is 3. The fraction of sp³-hybridized carbons (Fsp3) is 0.588. The van der Waals surface area contributed by atoms with Gasteiger partial charge in [0.25, 0.3) is 0 Å². The summed E-state index contributed by atoms with van der Waals surface area (Å²) in [6, 6.07) is 7.95. The summed E-state index contributed by atoms with van der Waals surface area (Å²) in [5.74, 6) is 1.73. The van der Waals surface area contributed by atoms with E-state index in [1.807, 2.05) is 36.1 Å². The maximum atomic E-state index is 12.3. The van der Waals surface area contributed by atoms with Crippen molar-refractivity contribution in [3.8, 4) is 5.75 Å². The van der Waals surface area contributed by atoms with Crippen LogP contribution in [0, 0.1) is 0 Å². The van der Waals surface area contributed by atoms with Gasteiger partial charge in [-0.3, -0.25) is 4.99 Å². The van der Waals surface area contributed by atoms with Gasteiger partial charge in [0.1, 0.15) is 5.75 Å². The molecule has 0 amide bonds. The molecule has 1 heterocycles. The first kappa shape index (κ1) is 18.4. The van der Waals surface area contributed by atoms with E-state index >= 15 is 0 Å². The topological polar surface area (TPSA) is 36.9 Å². The van der Waals surface area contributed by atoms with E-state index in [4.69, 9.17) is 4.74 Å². The van der Waals surface area contributed by atoms with Crippen LogP contribution in [0.4, 0.5) is 13.2 Å². The number of hydrogen-bond donors (Lipinski definition) is 1. The Morgan fingerprint density at radius 1 is 1.33 bits per heavy atom. The lowest BCUT2D eigenvalue weighted by Crippen LogP contribution is -2.40. The first-order valence-corrected chi connectivity index (χ1v) is 8.17. The highest BCUT2D eigenvalue weighted by Gasteiger charge is 2.28. The highest BCUT2D eigenvalue weighted by atomic mass is 19.4. The minimum absolute atomic E-state index is 0.241. The van der Waals surface area contributed by atoms with Gasteiger partial charge in [-0.05, 0) is 31.0 Å². The van der Waals surface area contributed by atoms with Crippen molar-refractivity contribution in [3.63, 3.8) is 0 Å². The molecule has 7 heteroatoms. The first-order valence-electron chi connectivity index (χ1n) is 8.17. The monoisotopic (exact) mass is 343 g/mol. The molecule has 1 unspecified atom stereocenters. The SMILES string of the molecule is CCNC(=NCCC(F)(F)F)N1CCC(c2ccc(OC)cc2)C1. The molecule has 1 aromatic rings. The average Bonchev–Trinajstić information content (AvgIpc) is 3.03. The fourth-order valence-electron chi connectivity index (χ4n) is 2.82. The van der Waals surface area contributed by atoms with Crippen molar-refractivity contribution in [3.05, 3.63) is 29.8 Å². The normalized spacial score (nSPS) is 18.8. The summed E-state index contributed by atoms with van der Waals surface area (Å²) in [6.45, 7) is 3.85. The van der Waals surface area contributed by atoms with E-state index in [1.165, 1.54) is 5.56 Å². The molecule has 134 valence electrons. The van der Waals surface area contributed by atoms with Gasteiger partial charge in [0.15, 0.2) is 5.96 Å². The summed E-state index contributed by atoms with van der Waals surface area (Å²) in [4.78, 5) is 6.16. The van der Waals surface area contributed by atoms with Crippen LogP contribution in [-0.4, -0.2) is 50.3 Å². The highest BCUT2D eigenvalue weighted by Crippen LogP contribution is 2.28. The summed E-state index contributed by atoms with van der Waals surface area (Å²) in [5, 5.41) is 3.09. The molecule has 1 aliphatic rings. The van der Waals surface area contributed by atoms with Crippen molar-refractivity contribution >= 4 is 5.96 Å². The van der Waals surface area contributed by atoms with Gasteiger partial charge >= 0.3 is 6.18 Å². The van der Waals surface area contributed by atoms with Crippen LogP contribution < -0.4 is 10.1 Å². The number of rotatable bonds is 5. The van der Waals surface area contributed by atoms with Gasteiger partial charge in [-0.25, -0.2) is 0 Å². The fourth-order valence-corrected chi connectivity index (χ4v) is 2.82. The summed E-state index contributed by atoms with van der Waals surface area (Å²) in [6.07, 6.45) is -4.11. The second-order valence-corrected chi connectivity index (χ2v) is 5.81. The lowest BCUT2D eigenvalue weighted by Gasteiger charge is -2.22. The Balaban J connectivity index is 1.98. The van der Waals surface area contributed by atoms with E-state index in [0.29, 0.717) is 18.4 Å². The number of alkyl halides is 3. The second-order valence-electron chi connectivity index (χ2n) is 5.81. The molecular formula is C17H24F3N3O. The van der Waals surface area contributed by atoms with Crippen LogP contribution >= 0.6 is 0 Å². The summed E-state index contributed by atoms with van der Waals surface area (Å²) >= 11 is 0. The maximum Gasteiger partial charge on any atom is 0.390 e. The number of nitrogens with one attached hydrogen (secondary N) is 1. The predicted octanol–water partition coefficient (Wildman–Crippen LogP) is 3.40. The van der Waals surface area contributed by atoms with Crippen LogP contribution in [0.1, 0.15) is 31.2 Å². The first-order chi connectivity index (χ1) is 11.4. The van der Waals surface area contributed by atoms with Gasteiger partial charge in [-0.2, -0.15) is 13.2 Å². The van der Waals surface area contributed by atoms with E-state index in [9.17, 15) is 13.2 Å². The largest absolute Gasteiger partial charge is 0.497 e. The zero-order valence-corrected chi connectivity index (χ0v) is 14.1. The molecule has 1 saturated heterocycles. The third kappa shape index (κ3) is 5.32. The quantitative estimate of drug-likeness (QED) is 0.658. The smallest absolute Gasteiger partial charge is 0.390 e. The Bertz CT molecular complexity index is 543. The lowest BCUT2D eigenvalue weighted by atomic mass is 9.98. The summed E-state index contributed by atoms with van der Waals surface area (Å²) in [7, 11) is 1.63. The summed E-state index contributed by atoms with van der Waals surface area (Å²) in [5.41, 5.74) is 1.21. The molecule has 24 heavy (non-hydrogen) atoms. The molecule has 0 radical (unpaired) electrons. The second kappa shape index (κ2) is 8.26. The van der Waals surface area contributed by atoms with Gasteiger partial charge in [-0.1, -0.05) is 12.1 Å². The van der Waals surface area contributed by atoms with E-state index in [-0.39, 0.29) is 6.54 Å². The molecule has 4 nitrogen and oxygen atoms in total. The van der Waals surface area contributed by atoms with Crippen LogP contribution in [0.5, 0.6) is 5.75 Å². The Kier molecular flexibility index (Phi) is 6.34. The molecule has 1 fully saturated rings. The van der Waals surface area contributed by atoms with Gasteiger partial charge in [-0.15, -0.1) is 0 Å². The minimum atomic E-state index is -4.17. The zero-order valence-electron chi connectivity index (χ0n) is 14.1. The van der Waals surface area contributed by atoms with Gasteiger partial charge in [0.2, 0.25) is 0 Å². The van der Waals surface area contributed by atoms with Crippen molar-refractivity contribution in [2.45, 2.75) is 31.9 Å². The molecule has 0 bridgehead atoms. The van der Waals surface area contributed by atoms with Crippen molar-refractivity contribution in [1.82, 2.24) is 10.2 Å². The molecule has 1 N–H and O–H groups in total. The highest BCUT2D eigenvalue weighted by molar-refractivity contribution is 5.80. The Morgan fingerprint density at radius 3 is 2.62 bits per heavy atom. The molecule has 1 aliphatic heterocycles. The van der Waals surface area contributed by atoms with Gasteiger partial charge in [0.05, 0.1) is 20.1 Å². The van der Waals surface area contributed by atoms with Crippen LogP contribution in [0.2, 0.25) is 0 Å². The van der Waals surface area contributed by atoms with E-state index in [1.54, 1.807) is 7.11 Å². The molecule has 1 aromatic carbocycles. The summed E-state index contributed by atoms with van der Waals surface area (Å²) < 4.78 is 42.1. The van der Waals surface area contributed by atoms with Crippen LogP contribution in [0.15, 0.2) is 29.3 Å². The predicted molar refractivity (Wildman–Crippen MR) is 88.6 cm³/mol. The molecule has 0 spiro atoms. The number of guanidine groups is 1. The molecule has 0 aliphatic carbocycles. The number of methoxy groups -OCH3 is 1. The molecule has 0 aromatic heterocycles. The average molecular weight is 343 g/mol. The number of benzene rings is 1. The molecule has 0 saturated carbocycles. The van der Waals surface area contributed by atoms with E-state index in [0.717, 1.165) is 25.3 Å². The number of ether oxygens (including phenoxy) is 1. The van der Waals surface area contributed by atoms with Crippen molar-refractivity contribution in [1.29, 1.82) is 0 Å². The number of likely N-dealkylation sites (tertiary alicyclic amines) is 1. The third-order valence-electron chi connectivity index (χ3n) is 4.07. The zero-order chi connectivity index (χ0) is 17.6. The van der Waals surface area contributed by atoms with E-state index < -0.39 is 12.6 Å². The van der Waals surface area contributed by atoms with Crippen LogP contribution in [0.3, 0.4) is 0 Å². The number of hydrogen-bond acceptors (Lipinski definition) is 2. The van der Waals surface area contributed by atoms with Crippen LogP contribution in [0.25, 0.3) is 0 Å². The standard InChI is InChI=1S/C17H24F3N3O/c1-3-21-16(22-10-9-17(18,19)20)23-11-8-14(12-23)13-4-6-15(24-2)7-5-13/h4-7,14H,3,8-12H2,1-2H3,(H,21,22).